The quantitative estimate of drug-likeness (QED) is 0.480. The van der Waals surface area contributed by atoms with E-state index >= 15 is 0 Å². The fourth-order valence-corrected chi connectivity index (χ4v) is 3.40. The molecule has 10 heteroatoms. The van der Waals surface area contributed by atoms with E-state index in [1.54, 1.807) is 18.2 Å². The lowest BCUT2D eigenvalue weighted by Crippen LogP contribution is -2.54. The molecule has 1 N–H and O–H groups in total. The Kier molecular flexibility index (Phi) is 7.13. The summed E-state index contributed by atoms with van der Waals surface area (Å²) in [6, 6.07) is 6.82. The van der Waals surface area contributed by atoms with Crippen molar-refractivity contribution in [3.8, 4) is 23.0 Å². The Morgan fingerprint density at radius 3 is 2.24 bits per heavy atom. The molecule has 2 aromatic carbocycles. The molecule has 174 valence electrons. The number of hydrogen-bond acceptors (Lipinski definition) is 7. The van der Waals surface area contributed by atoms with Gasteiger partial charge < -0.3 is 18.9 Å². The Hall–Kier alpha value is -3.72. The maximum atomic E-state index is 13.3. The summed E-state index contributed by atoms with van der Waals surface area (Å²) in [5, 5.41) is 2.40. The first kappa shape index (κ1) is 23.9. The molecule has 1 fully saturated rings. The molecule has 1 aliphatic rings. The summed E-state index contributed by atoms with van der Waals surface area (Å²) in [6.45, 7) is 3.69. The van der Waals surface area contributed by atoms with Gasteiger partial charge in [-0.2, -0.15) is 0 Å². The lowest BCUT2D eigenvalue weighted by molar-refractivity contribution is -0.122. The lowest BCUT2D eigenvalue weighted by Gasteiger charge is -2.28. The molecule has 33 heavy (non-hydrogen) atoms. The highest BCUT2D eigenvalue weighted by atomic mass is 35.5. The van der Waals surface area contributed by atoms with E-state index in [0.29, 0.717) is 17.1 Å². The second-order valence-electron chi connectivity index (χ2n) is 7.19. The lowest BCUT2D eigenvalue weighted by atomic mass is 10.1. The highest BCUT2D eigenvalue weighted by Crippen LogP contribution is 2.39. The monoisotopic (exact) mass is 474 g/mol. The molecule has 1 aliphatic heterocycles. The Bertz CT molecular complexity index is 1140. The van der Waals surface area contributed by atoms with Crippen LogP contribution in [0.1, 0.15) is 19.4 Å². The van der Waals surface area contributed by atoms with Gasteiger partial charge in [-0.15, -0.1) is 0 Å². The number of benzene rings is 2. The van der Waals surface area contributed by atoms with Gasteiger partial charge >= 0.3 is 6.03 Å². The zero-order chi connectivity index (χ0) is 24.3. The number of urea groups is 1. The smallest absolute Gasteiger partial charge is 0.336 e. The summed E-state index contributed by atoms with van der Waals surface area (Å²) in [7, 11) is 4.27. The van der Waals surface area contributed by atoms with Crippen molar-refractivity contribution in [3.63, 3.8) is 0 Å². The molecule has 0 radical (unpaired) electrons. The van der Waals surface area contributed by atoms with Crippen molar-refractivity contribution in [1.29, 1.82) is 0 Å². The minimum absolute atomic E-state index is 0.0630. The van der Waals surface area contributed by atoms with Gasteiger partial charge in [-0.05, 0) is 32.1 Å². The van der Waals surface area contributed by atoms with Gasteiger partial charge in [0.05, 0.1) is 38.1 Å². The van der Waals surface area contributed by atoms with Crippen LogP contribution in [0, 0.1) is 0 Å². The molecule has 0 unspecified atom stereocenters. The minimum atomic E-state index is -0.932. The van der Waals surface area contributed by atoms with E-state index < -0.39 is 17.8 Å². The Balaban J connectivity index is 2.11. The zero-order valence-corrected chi connectivity index (χ0v) is 19.5. The first-order chi connectivity index (χ1) is 15.7. The number of anilines is 1. The molecule has 1 saturated heterocycles. The molecular formula is C23H23ClN2O7. The topological polar surface area (TPSA) is 103 Å². The SMILES string of the molecule is COc1ccc(/C=C2\C(=O)NC(=O)N(c3cc(OC)c(Cl)cc3OC)C2=O)c(OC(C)C)c1. The van der Waals surface area contributed by atoms with Crippen LogP contribution in [-0.2, 0) is 9.59 Å². The molecule has 1 heterocycles. The van der Waals surface area contributed by atoms with Crippen LogP contribution in [0.3, 0.4) is 0 Å². The van der Waals surface area contributed by atoms with Crippen LogP contribution < -0.4 is 29.2 Å². The molecule has 0 spiro atoms. The number of nitrogens with zero attached hydrogens (tertiary/aromatic N) is 1. The molecule has 0 saturated carbocycles. The van der Waals surface area contributed by atoms with Crippen molar-refractivity contribution >= 4 is 41.2 Å². The summed E-state index contributed by atoms with van der Waals surface area (Å²) in [5.74, 6) is -0.372. The average Bonchev–Trinajstić information content (AvgIpc) is 2.77. The van der Waals surface area contributed by atoms with Gasteiger partial charge in [-0.1, -0.05) is 11.6 Å². The molecule has 4 amide bonds. The van der Waals surface area contributed by atoms with Crippen LogP contribution >= 0.6 is 11.6 Å². The number of nitrogens with one attached hydrogen (secondary N) is 1. The number of hydrogen-bond donors (Lipinski definition) is 1. The molecule has 0 atom stereocenters. The third kappa shape index (κ3) is 4.88. The Labute approximate surface area is 195 Å². The van der Waals surface area contributed by atoms with Crippen molar-refractivity contribution in [3.05, 3.63) is 46.5 Å². The summed E-state index contributed by atoms with van der Waals surface area (Å²) in [6.07, 6.45) is 1.18. The van der Waals surface area contributed by atoms with Gasteiger partial charge in [0, 0.05) is 23.8 Å². The first-order valence-electron chi connectivity index (χ1n) is 9.87. The number of amides is 4. The maximum Gasteiger partial charge on any atom is 0.336 e. The van der Waals surface area contributed by atoms with E-state index in [1.807, 2.05) is 13.8 Å². The van der Waals surface area contributed by atoms with Crippen LogP contribution in [-0.4, -0.2) is 45.3 Å². The van der Waals surface area contributed by atoms with E-state index in [4.69, 9.17) is 30.5 Å². The zero-order valence-electron chi connectivity index (χ0n) is 18.7. The van der Waals surface area contributed by atoms with Crippen LogP contribution in [0.4, 0.5) is 10.5 Å². The summed E-state index contributed by atoms with van der Waals surface area (Å²) >= 11 is 6.14. The molecule has 0 bridgehead atoms. The fourth-order valence-electron chi connectivity index (χ4n) is 3.17. The number of ether oxygens (including phenoxy) is 4. The largest absolute Gasteiger partial charge is 0.497 e. The number of rotatable bonds is 7. The molecule has 0 aliphatic carbocycles. The predicted molar refractivity (Wildman–Crippen MR) is 122 cm³/mol. The molecule has 9 nitrogen and oxygen atoms in total. The van der Waals surface area contributed by atoms with Crippen molar-refractivity contribution in [2.45, 2.75) is 20.0 Å². The van der Waals surface area contributed by atoms with Gasteiger partial charge in [0.15, 0.2) is 0 Å². The van der Waals surface area contributed by atoms with Gasteiger partial charge in [-0.25, -0.2) is 9.69 Å². The summed E-state index contributed by atoms with van der Waals surface area (Å²) in [5.41, 5.74) is 0.246. The van der Waals surface area contributed by atoms with Crippen LogP contribution in [0.2, 0.25) is 5.02 Å². The highest BCUT2D eigenvalue weighted by molar-refractivity contribution is 6.39. The standard InChI is InChI=1S/C23H23ClN2O7/c1-12(2)33-18-9-14(30-3)7-6-13(18)8-15-21(27)25-23(29)26(22(15)28)17-11-19(31-4)16(24)10-20(17)32-5/h6-12H,1-5H3,(H,25,27,29)/b15-8+. The van der Waals surface area contributed by atoms with Gasteiger partial charge in [0.25, 0.3) is 11.8 Å². The number of imide groups is 2. The van der Waals surface area contributed by atoms with Crippen molar-refractivity contribution in [1.82, 2.24) is 5.32 Å². The predicted octanol–water partition coefficient (Wildman–Crippen LogP) is 3.82. The second kappa shape index (κ2) is 9.83. The summed E-state index contributed by atoms with van der Waals surface area (Å²) in [4.78, 5) is 39.4. The van der Waals surface area contributed by atoms with Crippen molar-refractivity contribution in [2.75, 3.05) is 26.2 Å². The summed E-state index contributed by atoms with van der Waals surface area (Å²) < 4.78 is 21.5. The number of carbonyl (C=O) groups excluding carboxylic acids is 3. The van der Waals surface area contributed by atoms with Crippen LogP contribution in [0.25, 0.3) is 6.08 Å². The number of methoxy groups -OCH3 is 3. The van der Waals surface area contributed by atoms with E-state index in [0.717, 1.165) is 4.90 Å². The highest BCUT2D eigenvalue weighted by Gasteiger charge is 2.38. The van der Waals surface area contributed by atoms with E-state index in [-0.39, 0.29) is 33.9 Å². The maximum absolute atomic E-state index is 13.3. The number of halogens is 1. The third-order valence-electron chi connectivity index (χ3n) is 4.68. The van der Waals surface area contributed by atoms with E-state index in [9.17, 15) is 14.4 Å². The first-order valence-corrected chi connectivity index (χ1v) is 10.3. The number of carbonyl (C=O) groups is 3. The van der Waals surface area contributed by atoms with Crippen LogP contribution in [0.5, 0.6) is 23.0 Å². The minimum Gasteiger partial charge on any atom is -0.497 e. The molecule has 2 aromatic rings. The number of barbiturate groups is 1. The second-order valence-corrected chi connectivity index (χ2v) is 7.59. The van der Waals surface area contributed by atoms with Gasteiger partial charge in [-0.3, -0.25) is 14.9 Å². The Morgan fingerprint density at radius 2 is 1.64 bits per heavy atom. The van der Waals surface area contributed by atoms with E-state index in [1.165, 1.54) is 39.5 Å². The van der Waals surface area contributed by atoms with Crippen molar-refractivity contribution in [2.24, 2.45) is 0 Å². The average molecular weight is 475 g/mol. The Morgan fingerprint density at radius 1 is 0.939 bits per heavy atom. The fraction of sp³-hybridized carbons (Fsp3) is 0.261. The normalized spacial score (nSPS) is 15.1. The van der Waals surface area contributed by atoms with Gasteiger partial charge in [0.1, 0.15) is 28.6 Å². The molecular weight excluding hydrogens is 452 g/mol. The van der Waals surface area contributed by atoms with Crippen LogP contribution in [0.15, 0.2) is 35.9 Å². The molecule has 0 aromatic heterocycles. The molecule has 3 rings (SSSR count). The van der Waals surface area contributed by atoms with Crippen molar-refractivity contribution < 1.29 is 33.3 Å². The van der Waals surface area contributed by atoms with Gasteiger partial charge in [0.2, 0.25) is 0 Å². The third-order valence-corrected chi connectivity index (χ3v) is 4.97. The van der Waals surface area contributed by atoms with E-state index in [2.05, 4.69) is 5.32 Å².